The van der Waals surface area contributed by atoms with Gasteiger partial charge in [0.05, 0.1) is 11.3 Å². The van der Waals surface area contributed by atoms with E-state index < -0.39 is 11.7 Å². The standard InChI is InChI=1S/C25H29F4N5/c1-3-19-13-17(10-11-34(19)15-18-6-4-5-7-20(18)25(27,28)29)14-22-21(26)8-9-23(30-22)31-24-12-16(2)32-33-24/h4-9,12,17,19H,3,10-11,13-15H2,1-2H3,(H2,30,31,32,33)/t17-,19-/m1/s1. The summed E-state index contributed by atoms with van der Waals surface area (Å²) in [6.45, 7) is 4.86. The van der Waals surface area contributed by atoms with E-state index in [1.165, 1.54) is 12.1 Å². The summed E-state index contributed by atoms with van der Waals surface area (Å²) in [6.07, 6.45) is -1.48. The van der Waals surface area contributed by atoms with Crippen LogP contribution in [0.15, 0.2) is 42.5 Å². The van der Waals surface area contributed by atoms with Gasteiger partial charge in [0.15, 0.2) is 5.82 Å². The van der Waals surface area contributed by atoms with Crippen molar-refractivity contribution in [2.45, 2.75) is 58.3 Å². The van der Waals surface area contributed by atoms with Crippen molar-refractivity contribution in [2.24, 2.45) is 5.92 Å². The summed E-state index contributed by atoms with van der Waals surface area (Å²) >= 11 is 0. The first-order valence-corrected chi connectivity index (χ1v) is 11.6. The van der Waals surface area contributed by atoms with Crippen LogP contribution in [0.5, 0.6) is 0 Å². The van der Waals surface area contributed by atoms with Crippen LogP contribution in [0.4, 0.5) is 29.2 Å². The molecule has 1 aliphatic heterocycles. The lowest BCUT2D eigenvalue weighted by molar-refractivity contribution is -0.138. The Morgan fingerprint density at radius 2 is 1.94 bits per heavy atom. The Labute approximate surface area is 196 Å². The molecule has 0 spiro atoms. The molecule has 3 heterocycles. The molecular formula is C25H29F4N5. The van der Waals surface area contributed by atoms with Crippen molar-refractivity contribution >= 4 is 11.6 Å². The second-order valence-electron chi connectivity index (χ2n) is 8.97. The van der Waals surface area contributed by atoms with Crippen LogP contribution in [0, 0.1) is 18.7 Å². The molecule has 0 saturated carbocycles. The molecule has 1 aliphatic rings. The Morgan fingerprint density at radius 3 is 2.65 bits per heavy atom. The minimum atomic E-state index is -4.37. The molecular weight excluding hydrogens is 446 g/mol. The van der Waals surface area contributed by atoms with Gasteiger partial charge in [0, 0.05) is 24.3 Å². The number of hydrogen-bond donors (Lipinski definition) is 2. The molecule has 0 unspecified atom stereocenters. The topological polar surface area (TPSA) is 56.8 Å². The number of nitrogens with one attached hydrogen (secondary N) is 2. The zero-order valence-electron chi connectivity index (χ0n) is 19.3. The maximum Gasteiger partial charge on any atom is 0.416 e. The number of aromatic nitrogens is 3. The summed E-state index contributed by atoms with van der Waals surface area (Å²) in [5.41, 5.74) is 1.02. The lowest BCUT2D eigenvalue weighted by Gasteiger charge is -2.39. The molecule has 34 heavy (non-hydrogen) atoms. The number of likely N-dealkylation sites (tertiary alicyclic amines) is 1. The lowest BCUT2D eigenvalue weighted by atomic mass is 9.85. The number of pyridine rings is 1. The van der Waals surface area contributed by atoms with E-state index in [9.17, 15) is 17.6 Å². The molecule has 1 aromatic carbocycles. The van der Waals surface area contributed by atoms with Gasteiger partial charge in [-0.1, -0.05) is 25.1 Å². The molecule has 1 fully saturated rings. The molecule has 0 amide bonds. The molecule has 2 N–H and O–H groups in total. The van der Waals surface area contributed by atoms with Gasteiger partial charge >= 0.3 is 6.18 Å². The molecule has 5 nitrogen and oxygen atoms in total. The Balaban J connectivity index is 1.42. The first-order chi connectivity index (χ1) is 16.2. The van der Waals surface area contributed by atoms with E-state index in [0.717, 1.165) is 31.0 Å². The normalized spacial score (nSPS) is 19.4. The number of alkyl halides is 3. The maximum atomic E-state index is 14.5. The number of rotatable bonds is 7. The van der Waals surface area contributed by atoms with E-state index in [1.807, 2.05) is 19.9 Å². The number of benzene rings is 1. The van der Waals surface area contributed by atoms with Crippen LogP contribution >= 0.6 is 0 Å². The highest BCUT2D eigenvalue weighted by atomic mass is 19.4. The summed E-state index contributed by atoms with van der Waals surface area (Å²) in [5, 5.41) is 10.0. The van der Waals surface area contributed by atoms with Crippen LogP contribution in [0.3, 0.4) is 0 Å². The minimum absolute atomic E-state index is 0.136. The zero-order chi connectivity index (χ0) is 24.3. The van der Waals surface area contributed by atoms with E-state index in [-0.39, 0.29) is 24.3 Å². The van der Waals surface area contributed by atoms with E-state index in [2.05, 4.69) is 25.4 Å². The van der Waals surface area contributed by atoms with Gasteiger partial charge in [-0.3, -0.25) is 10.00 Å². The Hall–Kier alpha value is -2.94. The molecule has 0 aliphatic carbocycles. The summed E-state index contributed by atoms with van der Waals surface area (Å²) in [4.78, 5) is 6.60. The number of nitrogens with zero attached hydrogens (tertiary/aromatic N) is 3. The SMILES string of the molecule is CC[C@@H]1C[C@H](Cc2nc(Nc3cc(C)[nH]n3)ccc2F)CCN1Cc1ccccc1C(F)(F)F. The van der Waals surface area contributed by atoms with E-state index in [1.54, 1.807) is 18.2 Å². The van der Waals surface area contributed by atoms with Gasteiger partial charge in [0.1, 0.15) is 11.6 Å². The van der Waals surface area contributed by atoms with Gasteiger partial charge in [-0.05, 0) is 68.8 Å². The average molecular weight is 476 g/mol. The third kappa shape index (κ3) is 5.75. The third-order valence-corrected chi connectivity index (χ3v) is 6.48. The highest BCUT2D eigenvalue weighted by molar-refractivity contribution is 5.51. The van der Waals surface area contributed by atoms with Crippen molar-refractivity contribution in [3.8, 4) is 0 Å². The zero-order valence-corrected chi connectivity index (χ0v) is 19.3. The number of aryl methyl sites for hydroxylation is 1. The highest BCUT2D eigenvalue weighted by Gasteiger charge is 2.35. The lowest BCUT2D eigenvalue weighted by Crippen LogP contribution is -2.42. The van der Waals surface area contributed by atoms with Gasteiger partial charge in [-0.2, -0.15) is 18.3 Å². The third-order valence-electron chi connectivity index (χ3n) is 6.48. The summed E-state index contributed by atoms with van der Waals surface area (Å²) in [7, 11) is 0. The molecule has 0 bridgehead atoms. The summed E-state index contributed by atoms with van der Waals surface area (Å²) in [6, 6.07) is 10.7. The number of anilines is 2. The predicted octanol–water partition coefficient (Wildman–Crippen LogP) is 6.25. The largest absolute Gasteiger partial charge is 0.416 e. The number of H-pyrrole nitrogens is 1. The Bertz CT molecular complexity index is 1110. The second kappa shape index (κ2) is 10.1. The average Bonchev–Trinajstić information content (AvgIpc) is 3.21. The van der Waals surface area contributed by atoms with Crippen LogP contribution < -0.4 is 5.32 Å². The molecule has 3 aromatic rings. The quantitative estimate of drug-likeness (QED) is 0.397. The van der Waals surface area contributed by atoms with Gasteiger partial charge in [0.2, 0.25) is 0 Å². The van der Waals surface area contributed by atoms with Crippen molar-refractivity contribution in [1.82, 2.24) is 20.1 Å². The summed E-state index contributed by atoms with van der Waals surface area (Å²) < 4.78 is 54.8. The van der Waals surface area contributed by atoms with Crippen LogP contribution in [-0.4, -0.2) is 32.7 Å². The van der Waals surface area contributed by atoms with Crippen LogP contribution in [-0.2, 0) is 19.1 Å². The Kier molecular flexibility index (Phi) is 7.21. The number of halogens is 4. The fourth-order valence-corrected chi connectivity index (χ4v) is 4.74. The van der Waals surface area contributed by atoms with Gasteiger partial charge < -0.3 is 5.32 Å². The monoisotopic (exact) mass is 475 g/mol. The summed E-state index contributed by atoms with van der Waals surface area (Å²) in [5.74, 6) is 1.000. The first-order valence-electron chi connectivity index (χ1n) is 11.6. The van der Waals surface area contributed by atoms with Crippen molar-refractivity contribution in [3.05, 3.63) is 70.8 Å². The maximum absolute atomic E-state index is 14.5. The molecule has 1 saturated heterocycles. The van der Waals surface area contributed by atoms with Gasteiger partial charge in [0.25, 0.3) is 0 Å². The van der Waals surface area contributed by atoms with Gasteiger partial charge in [-0.25, -0.2) is 9.37 Å². The molecule has 2 atom stereocenters. The molecule has 4 rings (SSSR count). The minimum Gasteiger partial charge on any atom is -0.323 e. The van der Waals surface area contributed by atoms with Crippen molar-refractivity contribution < 1.29 is 17.6 Å². The predicted molar refractivity (Wildman–Crippen MR) is 123 cm³/mol. The first kappa shape index (κ1) is 24.2. The van der Waals surface area contributed by atoms with Crippen LogP contribution in [0.1, 0.15) is 48.7 Å². The highest BCUT2D eigenvalue weighted by Crippen LogP contribution is 2.35. The van der Waals surface area contributed by atoms with Crippen molar-refractivity contribution in [1.29, 1.82) is 0 Å². The molecule has 2 aromatic heterocycles. The smallest absolute Gasteiger partial charge is 0.323 e. The molecule has 0 radical (unpaired) electrons. The van der Waals surface area contributed by atoms with Crippen LogP contribution in [0.2, 0.25) is 0 Å². The van der Waals surface area contributed by atoms with E-state index in [4.69, 9.17) is 0 Å². The molecule has 182 valence electrons. The second-order valence-corrected chi connectivity index (χ2v) is 8.97. The van der Waals surface area contributed by atoms with E-state index >= 15 is 0 Å². The molecule has 9 heteroatoms. The number of piperidine rings is 1. The number of aromatic amines is 1. The van der Waals surface area contributed by atoms with Crippen molar-refractivity contribution in [2.75, 3.05) is 11.9 Å². The van der Waals surface area contributed by atoms with Crippen molar-refractivity contribution in [3.63, 3.8) is 0 Å². The Morgan fingerprint density at radius 1 is 1.15 bits per heavy atom. The van der Waals surface area contributed by atoms with Gasteiger partial charge in [-0.15, -0.1) is 0 Å². The fourth-order valence-electron chi connectivity index (χ4n) is 4.74. The fraction of sp³-hybridized carbons (Fsp3) is 0.440. The van der Waals surface area contributed by atoms with Crippen LogP contribution in [0.25, 0.3) is 0 Å². The number of hydrogen-bond acceptors (Lipinski definition) is 4. The van der Waals surface area contributed by atoms with E-state index in [0.29, 0.717) is 35.9 Å².